The van der Waals surface area contributed by atoms with Gasteiger partial charge in [0, 0.05) is 17.6 Å². The first-order chi connectivity index (χ1) is 12.1. The number of aliphatic hydroxyl groups excluding tert-OH is 1. The maximum Gasteiger partial charge on any atom is 0.165 e. The lowest BCUT2D eigenvalue weighted by Gasteiger charge is -2.12. The topological polar surface area (TPSA) is 75.9 Å². The second kappa shape index (κ2) is 6.61. The maximum atomic E-state index is 9.97. The van der Waals surface area contributed by atoms with E-state index in [2.05, 4.69) is 27.2 Å². The van der Waals surface area contributed by atoms with Crippen LogP contribution in [0.2, 0.25) is 5.02 Å². The summed E-state index contributed by atoms with van der Waals surface area (Å²) in [7, 11) is 0. The molecule has 1 aromatic carbocycles. The summed E-state index contributed by atoms with van der Waals surface area (Å²) in [6, 6.07) is 7.84. The number of aliphatic hydroxyl groups is 1. The number of benzene rings is 1. The molecule has 0 amide bonds. The fourth-order valence-electron chi connectivity index (χ4n) is 3.34. The second-order valence-electron chi connectivity index (χ2n) is 6.48. The molecule has 3 aromatic rings. The number of fused-ring (bicyclic) bond motifs is 1. The van der Waals surface area contributed by atoms with Gasteiger partial charge in [0.05, 0.1) is 12.4 Å². The molecular weight excluding hydrogens is 338 g/mol. The van der Waals surface area contributed by atoms with Gasteiger partial charge in [0.15, 0.2) is 11.5 Å². The average molecular weight is 357 g/mol. The second-order valence-corrected chi connectivity index (χ2v) is 6.92. The summed E-state index contributed by atoms with van der Waals surface area (Å²) in [6.45, 7) is 4.63. The first kappa shape index (κ1) is 16.3. The molecule has 1 aliphatic carbocycles. The Kier molecular flexibility index (Phi) is 4.31. The molecule has 0 unspecified atom stereocenters. The summed E-state index contributed by atoms with van der Waals surface area (Å²) in [5.41, 5.74) is 2.62. The fourth-order valence-corrected chi connectivity index (χ4v) is 3.46. The standard InChI is InChI=1S/C18H19ClN5O/c1-11-6-14(7-15(11)25)24-10-23-16-17(21-9-22-18(16)24)20-8-12-2-4-13(19)5-3-12/h2-5,9-11,14-15,25H,1,6-8H2,(H,20,21,22)/t11-,14+,15-/m0/s1. The first-order valence-electron chi connectivity index (χ1n) is 8.29. The fraction of sp³-hybridized carbons (Fsp3) is 0.333. The van der Waals surface area contributed by atoms with E-state index < -0.39 is 0 Å². The van der Waals surface area contributed by atoms with E-state index in [1.807, 2.05) is 28.8 Å². The molecule has 2 N–H and O–H groups in total. The molecule has 25 heavy (non-hydrogen) atoms. The van der Waals surface area contributed by atoms with Crippen molar-refractivity contribution in [3.05, 3.63) is 54.4 Å². The number of halogens is 1. The van der Waals surface area contributed by atoms with Gasteiger partial charge < -0.3 is 15.0 Å². The van der Waals surface area contributed by atoms with Crippen LogP contribution in [0.15, 0.2) is 36.9 Å². The third kappa shape index (κ3) is 3.19. The Morgan fingerprint density at radius 2 is 2.00 bits per heavy atom. The van der Waals surface area contributed by atoms with Gasteiger partial charge in [-0.3, -0.25) is 0 Å². The van der Waals surface area contributed by atoms with Crippen LogP contribution in [0.5, 0.6) is 0 Å². The van der Waals surface area contributed by atoms with Crippen molar-refractivity contribution in [3.63, 3.8) is 0 Å². The molecule has 0 spiro atoms. The lowest BCUT2D eigenvalue weighted by Crippen LogP contribution is -2.09. The van der Waals surface area contributed by atoms with Crippen molar-refractivity contribution in [1.29, 1.82) is 0 Å². The minimum atomic E-state index is -0.369. The highest BCUT2D eigenvalue weighted by Gasteiger charge is 2.32. The van der Waals surface area contributed by atoms with Crippen LogP contribution in [0, 0.1) is 12.8 Å². The van der Waals surface area contributed by atoms with Crippen molar-refractivity contribution in [2.24, 2.45) is 5.92 Å². The van der Waals surface area contributed by atoms with Gasteiger partial charge in [-0.1, -0.05) is 23.7 Å². The van der Waals surface area contributed by atoms with Gasteiger partial charge in [-0.2, -0.15) is 0 Å². The van der Waals surface area contributed by atoms with Crippen LogP contribution in [0.4, 0.5) is 5.82 Å². The third-order valence-electron chi connectivity index (χ3n) is 4.76. The molecule has 4 rings (SSSR count). The zero-order valence-electron chi connectivity index (χ0n) is 13.6. The monoisotopic (exact) mass is 356 g/mol. The van der Waals surface area contributed by atoms with Crippen LogP contribution in [0.25, 0.3) is 11.2 Å². The minimum absolute atomic E-state index is 0.0480. The highest BCUT2D eigenvalue weighted by molar-refractivity contribution is 6.30. The summed E-state index contributed by atoms with van der Waals surface area (Å²) in [5.74, 6) is 0.746. The van der Waals surface area contributed by atoms with E-state index in [4.69, 9.17) is 11.6 Å². The number of nitrogens with one attached hydrogen (secondary N) is 1. The molecule has 6 nitrogen and oxygen atoms in total. The molecule has 0 aliphatic heterocycles. The predicted molar refractivity (Wildman–Crippen MR) is 97.2 cm³/mol. The van der Waals surface area contributed by atoms with E-state index in [1.54, 1.807) is 6.33 Å². The number of anilines is 1. The zero-order valence-corrected chi connectivity index (χ0v) is 14.4. The lowest BCUT2D eigenvalue weighted by molar-refractivity contribution is 0.149. The molecule has 1 radical (unpaired) electrons. The Morgan fingerprint density at radius 3 is 2.72 bits per heavy atom. The Balaban J connectivity index is 1.57. The molecule has 1 aliphatic rings. The molecular formula is C18H19ClN5O. The molecule has 2 aromatic heterocycles. The largest absolute Gasteiger partial charge is 0.393 e. The van der Waals surface area contributed by atoms with Crippen molar-refractivity contribution in [2.45, 2.75) is 31.5 Å². The number of rotatable bonds is 4. The molecule has 1 saturated carbocycles. The van der Waals surface area contributed by atoms with E-state index in [0.29, 0.717) is 18.8 Å². The van der Waals surface area contributed by atoms with Crippen molar-refractivity contribution in [3.8, 4) is 0 Å². The van der Waals surface area contributed by atoms with Gasteiger partial charge in [0.1, 0.15) is 11.8 Å². The van der Waals surface area contributed by atoms with Gasteiger partial charge in [0.25, 0.3) is 0 Å². The molecule has 129 valence electrons. The highest BCUT2D eigenvalue weighted by Crippen LogP contribution is 2.36. The number of nitrogens with zero attached hydrogens (tertiary/aromatic N) is 4. The smallest absolute Gasteiger partial charge is 0.165 e. The van der Waals surface area contributed by atoms with Crippen LogP contribution in [-0.2, 0) is 6.54 Å². The van der Waals surface area contributed by atoms with Crippen LogP contribution in [0.3, 0.4) is 0 Å². The molecule has 7 heteroatoms. The van der Waals surface area contributed by atoms with E-state index in [0.717, 1.165) is 28.2 Å². The zero-order chi connectivity index (χ0) is 17.4. The number of hydrogen-bond acceptors (Lipinski definition) is 5. The number of hydrogen-bond donors (Lipinski definition) is 2. The van der Waals surface area contributed by atoms with Gasteiger partial charge in [-0.05, 0) is 43.4 Å². The molecule has 2 heterocycles. The normalized spacial score (nSPS) is 23.2. The molecule has 3 atom stereocenters. The van der Waals surface area contributed by atoms with Crippen LogP contribution in [-0.4, -0.2) is 30.7 Å². The van der Waals surface area contributed by atoms with Crippen molar-refractivity contribution < 1.29 is 5.11 Å². The number of aromatic nitrogens is 4. The third-order valence-corrected chi connectivity index (χ3v) is 5.01. The van der Waals surface area contributed by atoms with Crippen LogP contribution < -0.4 is 5.32 Å². The number of imidazole rings is 1. The Labute approximate surface area is 150 Å². The van der Waals surface area contributed by atoms with E-state index in [-0.39, 0.29) is 18.1 Å². The van der Waals surface area contributed by atoms with Crippen LogP contribution >= 0.6 is 11.6 Å². The van der Waals surface area contributed by atoms with Gasteiger partial charge in [-0.25, -0.2) is 15.0 Å². The summed E-state index contributed by atoms with van der Waals surface area (Å²) < 4.78 is 2.03. The maximum absolute atomic E-state index is 9.97. The summed E-state index contributed by atoms with van der Waals surface area (Å²) in [6.07, 6.45) is 4.45. The van der Waals surface area contributed by atoms with Crippen molar-refractivity contribution >= 4 is 28.6 Å². The van der Waals surface area contributed by atoms with Crippen LogP contribution in [0.1, 0.15) is 24.4 Å². The Morgan fingerprint density at radius 1 is 1.20 bits per heavy atom. The SMILES string of the molecule is [CH2][C@H]1C[C@@H](n2cnc3c(NCc4ccc(Cl)cc4)ncnc32)C[C@@H]1O. The van der Waals surface area contributed by atoms with Gasteiger partial charge >= 0.3 is 0 Å². The summed E-state index contributed by atoms with van der Waals surface area (Å²) in [5, 5.41) is 14.0. The molecule has 0 saturated heterocycles. The van der Waals surface area contributed by atoms with Crippen molar-refractivity contribution in [2.75, 3.05) is 5.32 Å². The van der Waals surface area contributed by atoms with Crippen molar-refractivity contribution in [1.82, 2.24) is 19.5 Å². The Hall–Kier alpha value is -2.18. The first-order valence-corrected chi connectivity index (χ1v) is 8.66. The van der Waals surface area contributed by atoms with E-state index in [1.165, 1.54) is 6.33 Å². The van der Waals surface area contributed by atoms with Gasteiger partial charge in [0.2, 0.25) is 0 Å². The van der Waals surface area contributed by atoms with E-state index >= 15 is 0 Å². The average Bonchev–Trinajstić information content (AvgIpc) is 3.18. The predicted octanol–water partition coefficient (Wildman–Crippen LogP) is 3.24. The quantitative estimate of drug-likeness (QED) is 0.750. The summed E-state index contributed by atoms with van der Waals surface area (Å²) in [4.78, 5) is 13.2. The Bertz CT molecular complexity index is 869. The molecule has 1 fully saturated rings. The van der Waals surface area contributed by atoms with E-state index in [9.17, 15) is 5.11 Å². The summed E-state index contributed by atoms with van der Waals surface area (Å²) >= 11 is 5.92. The molecule has 0 bridgehead atoms. The highest BCUT2D eigenvalue weighted by atomic mass is 35.5. The van der Waals surface area contributed by atoms with Gasteiger partial charge in [-0.15, -0.1) is 0 Å². The minimum Gasteiger partial charge on any atom is -0.393 e. The lowest BCUT2D eigenvalue weighted by atomic mass is 10.1.